The maximum absolute atomic E-state index is 10.8. The molecule has 2 aromatic rings. The molecule has 0 amide bonds. The number of carbonyl (C=O) groups is 1. The topological polar surface area (TPSA) is 91.8 Å². The number of nitrogens with zero attached hydrogens (tertiary/aromatic N) is 4. The number of hydrogen-bond donors (Lipinski definition) is 1. The van der Waals surface area contributed by atoms with Gasteiger partial charge in [-0.25, -0.2) is 4.79 Å². The number of carboxylic acid groups (broad SMARTS) is 1. The average molecular weight is 228 g/mol. The highest BCUT2D eigenvalue weighted by molar-refractivity contribution is 5.87. The molecule has 1 N–H and O–H groups in total. The van der Waals surface area contributed by atoms with Crippen LogP contribution in [0.4, 0.5) is 0 Å². The summed E-state index contributed by atoms with van der Waals surface area (Å²) in [5.41, 5.74) is 1.54. The van der Waals surface area contributed by atoms with Gasteiger partial charge < -0.3 is 5.11 Å². The number of aryl methyl sites for hydroxylation is 1. The molecule has 17 heavy (non-hydrogen) atoms. The monoisotopic (exact) mass is 228 g/mol. The third-order valence-corrected chi connectivity index (χ3v) is 2.25. The zero-order valence-corrected chi connectivity index (χ0v) is 8.95. The van der Waals surface area contributed by atoms with Crippen LogP contribution < -0.4 is 0 Å². The van der Waals surface area contributed by atoms with E-state index in [0.29, 0.717) is 17.0 Å². The summed E-state index contributed by atoms with van der Waals surface area (Å²) in [5, 5.41) is 21.6. The van der Waals surface area contributed by atoms with Crippen molar-refractivity contribution in [2.45, 2.75) is 0 Å². The third kappa shape index (κ3) is 1.99. The quantitative estimate of drug-likeness (QED) is 0.829. The molecular formula is C11H8N4O2. The van der Waals surface area contributed by atoms with Crippen LogP contribution >= 0.6 is 0 Å². The molecule has 0 saturated carbocycles. The van der Waals surface area contributed by atoms with E-state index in [0.717, 1.165) is 0 Å². The lowest BCUT2D eigenvalue weighted by molar-refractivity contribution is 0.0685. The van der Waals surface area contributed by atoms with Gasteiger partial charge >= 0.3 is 5.97 Å². The Morgan fingerprint density at radius 3 is 2.71 bits per heavy atom. The largest absolute Gasteiger partial charge is 0.477 e. The van der Waals surface area contributed by atoms with Gasteiger partial charge in [-0.15, -0.1) is 0 Å². The minimum atomic E-state index is -1.04. The summed E-state index contributed by atoms with van der Waals surface area (Å²) >= 11 is 0. The number of aromatic carboxylic acids is 1. The first-order valence-electron chi connectivity index (χ1n) is 4.75. The highest BCUT2D eigenvalue weighted by atomic mass is 16.4. The van der Waals surface area contributed by atoms with Gasteiger partial charge in [-0.3, -0.25) is 9.67 Å². The predicted molar refractivity (Wildman–Crippen MR) is 58.1 cm³/mol. The fraction of sp³-hybridized carbons (Fsp3) is 0.0909. The van der Waals surface area contributed by atoms with Crippen LogP contribution in [-0.4, -0.2) is 25.8 Å². The van der Waals surface area contributed by atoms with Crippen LogP contribution in [0.2, 0.25) is 0 Å². The van der Waals surface area contributed by atoms with Gasteiger partial charge in [0.25, 0.3) is 0 Å². The van der Waals surface area contributed by atoms with Crippen molar-refractivity contribution in [2.75, 3.05) is 0 Å². The first-order valence-corrected chi connectivity index (χ1v) is 4.75. The molecule has 84 valence electrons. The van der Waals surface area contributed by atoms with Gasteiger partial charge in [0.1, 0.15) is 17.5 Å². The standard InChI is InChI=1S/C11H8N4O2/c1-15-10(11(16)17)4-9(14-15)8-3-2-7(5-12)6-13-8/h2-4,6H,1H3,(H,16,17). The molecule has 0 bridgehead atoms. The van der Waals surface area contributed by atoms with E-state index in [9.17, 15) is 4.79 Å². The van der Waals surface area contributed by atoms with Crippen molar-refractivity contribution in [1.29, 1.82) is 5.26 Å². The van der Waals surface area contributed by atoms with Crippen molar-refractivity contribution < 1.29 is 9.90 Å². The molecule has 2 rings (SSSR count). The lowest BCUT2D eigenvalue weighted by atomic mass is 10.2. The van der Waals surface area contributed by atoms with Crippen molar-refractivity contribution in [3.05, 3.63) is 35.7 Å². The molecule has 0 saturated heterocycles. The number of pyridine rings is 1. The van der Waals surface area contributed by atoms with Crippen molar-refractivity contribution in [3.8, 4) is 17.5 Å². The summed E-state index contributed by atoms with van der Waals surface area (Å²) in [6.45, 7) is 0. The molecule has 0 aromatic carbocycles. The second-order valence-electron chi connectivity index (χ2n) is 3.39. The minimum absolute atomic E-state index is 0.0890. The molecule has 6 nitrogen and oxygen atoms in total. The van der Waals surface area contributed by atoms with E-state index < -0.39 is 5.97 Å². The zero-order valence-electron chi connectivity index (χ0n) is 8.95. The van der Waals surface area contributed by atoms with Crippen molar-refractivity contribution in [2.24, 2.45) is 7.05 Å². The van der Waals surface area contributed by atoms with E-state index >= 15 is 0 Å². The van der Waals surface area contributed by atoms with Gasteiger partial charge in [0, 0.05) is 19.3 Å². The molecule has 2 heterocycles. The maximum atomic E-state index is 10.8. The van der Waals surface area contributed by atoms with Crippen molar-refractivity contribution in [3.63, 3.8) is 0 Å². The van der Waals surface area contributed by atoms with Gasteiger partial charge in [0.2, 0.25) is 0 Å². The molecule has 2 aromatic heterocycles. The number of nitriles is 1. The number of carboxylic acids is 1. The minimum Gasteiger partial charge on any atom is -0.477 e. The molecule has 0 atom stereocenters. The third-order valence-electron chi connectivity index (χ3n) is 2.25. The maximum Gasteiger partial charge on any atom is 0.354 e. The molecule has 0 aliphatic carbocycles. The van der Waals surface area contributed by atoms with Gasteiger partial charge in [-0.1, -0.05) is 0 Å². The summed E-state index contributed by atoms with van der Waals surface area (Å²) < 4.78 is 1.28. The van der Waals surface area contributed by atoms with Crippen molar-refractivity contribution in [1.82, 2.24) is 14.8 Å². The fourth-order valence-corrected chi connectivity index (χ4v) is 1.40. The van der Waals surface area contributed by atoms with Crippen LogP contribution in [0.1, 0.15) is 16.1 Å². The Morgan fingerprint density at radius 2 is 2.24 bits per heavy atom. The summed E-state index contributed by atoms with van der Waals surface area (Å²) in [7, 11) is 1.55. The van der Waals surface area contributed by atoms with Gasteiger partial charge in [-0.05, 0) is 12.1 Å². The van der Waals surface area contributed by atoms with E-state index in [4.69, 9.17) is 10.4 Å². The van der Waals surface area contributed by atoms with E-state index in [1.165, 1.54) is 16.9 Å². The molecule has 0 radical (unpaired) electrons. The van der Waals surface area contributed by atoms with Crippen LogP contribution in [0.5, 0.6) is 0 Å². The van der Waals surface area contributed by atoms with Crippen LogP contribution in [0.3, 0.4) is 0 Å². The lowest BCUT2D eigenvalue weighted by Crippen LogP contribution is -2.04. The Morgan fingerprint density at radius 1 is 1.47 bits per heavy atom. The van der Waals surface area contributed by atoms with Crippen molar-refractivity contribution >= 4 is 5.97 Å². The normalized spacial score (nSPS) is 9.88. The fourth-order valence-electron chi connectivity index (χ4n) is 1.40. The Balaban J connectivity index is 2.43. The molecule has 6 heteroatoms. The Bertz CT molecular complexity index is 607. The van der Waals surface area contributed by atoms with Crippen LogP contribution in [-0.2, 0) is 7.05 Å². The smallest absolute Gasteiger partial charge is 0.354 e. The second kappa shape index (κ2) is 4.06. The molecular weight excluding hydrogens is 220 g/mol. The Labute approximate surface area is 96.8 Å². The van der Waals surface area contributed by atoms with Crippen LogP contribution in [0.15, 0.2) is 24.4 Å². The lowest BCUT2D eigenvalue weighted by Gasteiger charge is -1.94. The molecule has 0 aliphatic heterocycles. The highest BCUT2D eigenvalue weighted by Crippen LogP contribution is 2.16. The van der Waals surface area contributed by atoms with E-state index in [2.05, 4.69) is 10.1 Å². The average Bonchev–Trinajstić information content (AvgIpc) is 2.71. The van der Waals surface area contributed by atoms with E-state index in [1.54, 1.807) is 19.2 Å². The first kappa shape index (κ1) is 10.8. The summed E-state index contributed by atoms with van der Waals surface area (Å²) in [6.07, 6.45) is 1.42. The first-order chi connectivity index (χ1) is 8.11. The van der Waals surface area contributed by atoms with Crippen LogP contribution in [0, 0.1) is 11.3 Å². The summed E-state index contributed by atoms with van der Waals surface area (Å²) in [6, 6.07) is 6.64. The zero-order chi connectivity index (χ0) is 12.4. The molecule has 0 aliphatic rings. The summed E-state index contributed by atoms with van der Waals surface area (Å²) in [4.78, 5) is 14.9. The number of rotatable bonds is 2. The van der Waals surface area contributed by atoms with E-state index in [-0.39, 0.29) is 5.69 Å². The second-order valence-corrected chi connectivity index (χ2v) is 3.39. The Hall–Kier alpha value is -2.68. The van der Waals surface area contributed by atoms with Crippen LogP contribution in [0.25, 0.3) is 11.4 Å². The molecule has 0 unspecified atom stereocenters. The van der Waals surface area contributed by atoms with Gasteiger partial charge in [0.15, 0.2) is 0 Å². The highest BCUT2D eigenvalue weighted by Gasteiger charge is 2.13. The molecule has 0 spiro atoms. The van der Waals surface area contributed by atoms with Gasteiger partial charge in [-0.2, -0.15) is 10.4 Å². The number of aromatic nitrogens is 3. The van der Waals surface area contributed by atoms with E-state index in [1.807, 2.05) is 6.07 Å². The Kier molecular flexibility index (Phi) is 2.58. The van der Waals surface area contributed by atoms with Gasteiger partial charge in [0.05, 0.1) is 11.3 Å². The molecule has 0 fully saturated rings. The predicted octanol–water partition coefficient (Wildman–Crippen LogP) is 1.05. The SMILES string of the molecule is Cn1nc(-c2ccc(C#N)cn2)cc1C(=O)O. The number of hydrogen-bond acceptors (Lipinski definition) is 4. The summed E-state index contributed by atoms with van der Waals surface area (Å²) in [5.74, 6) is -1.04.